The van der Waals surface area contributed by atoms with Crippen LogP contribution in [0.5, 0.6) is 0 Å². The highest BCUT2D eigenvalue weighted by molar-refractivity contribution is 5.87. The summed E-state index contributed by atoms with van der Waals surface area (Å²) in [4.78, 5) is 10.3. The third-order valence-electron chi connectivity index (χ3n) is 5.40. The molecule has 6 nitrogen and oxygen atoms in total. The summed E-state index contributed by atoms with van der Waals surface area (Å²) >= 11 is 0. The molecular formula is C21H28N4O2. The number of aryl methyl sites for hydroxylation is 1. The van der Waals surface area contributed by atoms with Gasteiger partial charge in [-0.05, 0) is 63.4 Å². The van der Waals surface area contributed by atoms with Gasteiger partial charge in [-0.25, -0.2) is 0 Å². The van der Waals surface area contributed by atoms with Crippen molar-refractivity contribution in [3.8, 4) is 11.6 Å². The van der Waals surface area contributed by atoms with Crippen LogP contribution < -0.4 is 0 Å². The van der Waals surface area contributed by atoms with Gasteiger partial charge in [-0.1, -0.05) is 17.3 Å². The van der Waals surface area contributed by atoms with Gasteiger partial charge in [0.05, 0.1) is 0 Å². The molecule has 1 aliphatic rings. The lowest BCUT2D eigenvalue weighted by atomic mass is 9.95. The molecule has 27 heavy (non-hydrogen) atoms. The molecule has 0 saturated carbocycles. The van der Waals surface area contributed by atoms with E-state index in [0.717, 1.165) is 68.9 Å². The number of H-pyrrole nitrogens is 1. The Morgan fingerprint density at radius 2 is 2.04 bits per heavy atom. The Balaban J connectivity index is 1.47. The van der Waals surface area contributed by atoms with E-state index in [1.54, 1.807) is 0 Å². The minimum absolute atomic E-state index is 0.576. The predicted molar refractivity (Wildman–Crippen MR) is 106 cm³/mol. The van der Waals surface area contributed by atoms with Crippen molar-refractivity contribution < 1.29 is 9.26 Å². The van der Waals surface area contributed by atoms with Crippen LogP contribution in [0.2, 0.25) is 0 Å². The van der Waals surface area contributed by atoms with Crippen LogP contribution in [0.25, 0.3) is 22.5 Å². The average Bonchev–Trinajstić information content (AvgIpc) is 3.32. The van der Waals surface area contributed by atoms with Crippen molar-refractivity contribution in [3.05, 3.63) is 35.7 Å². The SMILES string of the molecule is CN(C)CCc1cccc2[nH]c(-c3nc(CCC4CCOCC4)no3)cc12. The lowest BCUT2D eigenvalue weighted by Gasteiger charge is -2.20. The molecule has 3 heterocycles. The van der Waals surface area contributed by atoms with E-state index in [0.29, 0.717) is 11.8 Å². The molecule has 6 heteroatoms. The molecule has 1 aromatic carbocycles. The van der Waals surface area contributed by atoms with Gasteiger partial charge in [-0.2, -0.15) is 4.98 Å². The third kappa shape index (κ3) is 4.39. The number of likely N-dealkylation sites (N-methyl/N-ethyl adjacent to an activating group) is 1. The maximum absolute atomic E-state index is 5.53. The molecule has 0 aliphatic carbocycles. The van der Waals surface area contributed by atoms with Crippen LogP contribution in [-0.4, -0.2) is 53.9 Å². The molecule has 2 aromatic heterocycles. The van der Waals surface area contributed by atoms with Gasteiger partial charge in [0.2, 0.25) is 0 Å². The highest BCUT2D eigenvalue weighted by Crippen LogP contribution is 2.27. The second-order valence-electron chi connectivity index (χ2n) is 7.72. The first kappa shape index (κ1) is 18.2. The van der Waals surface area contributed by atoms with Gasteiger partial charge in [0.25, 0.3) is 5.89 Å². The number of benzene rings is 1. The molecular weight excluding hydrogens is 340 g/mol. The minimum atomic E-state index is 0.576. The Bertz CT molecular complexity index is 877. The highest BCUT2D eigenvalue weighted by Gasteiger charge is 2.17. The van der Waals surface area contributed by atoms with Crippen LogP contribution in [0.3, 0.4) is 0 Å². The van der Waals surface area contributed by atoms with Crippen LogP contribution in [0.1, 0.15) is 30.7 Å². The van der Waals surface area contributed by atoms with Gasteiger partial charge < -0.3 is 19.1 Å². The van der Waals surface area contributed by atoms with E-state index in [4.69, 9.17) is 9.26 Å². The predicted octanol–water partition coefficient (Wildman–Crippen LogP) is 3.68. The van der Waals surface area contributed by atoms with Crippen molar-refractivity contribution in [2.24, 2.45) is 5.92 Å². The van der Waals surface area contributed by atoms with Crippen LogP contribution in [0.4, 0.5) is 0 Å². The third-order valence-corrected chi connectivity index (χ3v) is 5.40. The Hall–Kier alpha value is -2.18. The van der Waals surface area contributed by atoms with Crippen LogP contribution in [0.15, 0.2) is 28.8 Å². The fourth-order valence-corrected chi connectivity index (χ4v) is 3.73. The molecule has 0 unspecified atom stereocenters. The Morgan fingerprint density at radius 3 is 2.85 bits per heavy atom. The van der Waals surface area contributed by atoms with Gasteiger partial charge >= 0.3 is 0 Å². The van der Waals surface area contributed by atoms with Crippen molar-refractivity contribution in [3.63, 3.8) is 0 Å². The lowest BCUT2D eigenvalue weighted by Crippen LogP contribution is -2.16. The molecule has 0 radical (unpaired) electrons. The second kappa shape index (κ2) is 8.23. The Labute approximate surface area is 159 Å². The number of nitrogens with one attached hydrogen (secondary N) is 1. The summed E-state index contributed by atoms with van der Waals surface area (Å²) in [5.41, 5.74) is 3.35. The normalized spacial score (nSPS) is 15.8. The number of nitrogens with zero attached hydrogens (tertiary/aromatic N) is 3. The Kier molecular flexibility index (Phi) is 5.55. The van der Waals surface area contributed by atoms with Gasteiger partial charge in [0.1, 0.15) is 5.69 Å². The quantitative estimate of drug-likeness (QED) is 0.689. The zero-order chi connectivity index (χ0) is 18.6. The molecule has 1 fully saturated rings. The smallest absolute Gasteiger partial charge is 0.274 e. The van der Waals surface area contributed by atoms with Crippen molar-refractivity contribution in [2.75, 3.05) is 33.9 Å². The number of aromatic amines is 1. The number of rotatable bonds is 7. The van der Waals surface area contributed by atoms with Gasteiger partial charge in [-0.15, -0.1) is 0 Å². The molecule has 1 aliphatic heterocycles. The van der Waals surface area contributed by atoms with Gasteiger partial charge in [-0.3, -0.25) is 0 Å². The van der Waals surface area contributed by atoms with E-state index in [2.05, 4.69) is 58.4 Å². The topological polar surface area (TPSA) is 67.2 Å². The average molecular weight is 368 g/mol. The number of fused-ring (bicyclic) bond motifs is 1. The highest BCUT2D eigenvalue weighted by atomic mass is 16.5. The summed E-state index contributed by atoms with van der Waals surface area (Å²) in [6.45, 7) is 2.79. The first-order valence-corrected chi connectivity index (χ1v) is 9.85. The van der Waals surface area contributed by atoms with Crippen molar-refractivity contribution in [1.29, 1.82) is 0 Å². The first-order valence-electron chi connectivity index (χ1n) is 9.85. The van der Waals surface area contributed by atoms with Crippen LogP contribution in [-0.2, 0) is 17.6 Å². The molecule has 1 saturated heterocycles. The fourth-order valence-electron chi connectivity index (χ4n) is 3.73. The van der Waals surface area contributed by atoms with Crippen LogP contribution >= 0.6 is 0 Å². The molecule has 3 aromatic rings. The van der Waals surface area contributed by atoms with E-state index in [1.165, 1.54) is 10.9 Å². The number of hydrogen-bond donors (Lipinski definition) is 1. The zero-order valence-corrected chi connectivity index (χ0v) is 16.2. The molecule has 0 spiro atoms. The number of hydrogen-bond acceptors (Lipinski definition) is 5. The largest absolute Gasteiger partial charge is 0.381 e. The maximum atomic E-state index is 5.53. The first-order chi connectivity index (χ1) is 13.2. The summed E-state index contributed by atoms with van der Waals surface area (Å²) in [7, 11) is 4.20. The molecule has 144 valence electrons. The molecule has 0 atom stereocenters. The van der Waals surface area contributed by atoms with E-state index in [9.17, 15) is 0 Å². The molecule has 4 rings (SSSR count). The summed E-state index contributed by atoms with van der Waals surface area (Å²) in [5.74, 6) is 2.09. The summed E-state index contributed by atoms with van der Waals surface area (Å²) in [5, 5.41) is 5.42. The summed E-state index contributed by atoms with van der Waals surface area (Å²) in [6.07, 6.45) is 5.26. The lowest BCUT2D eigenvalue weighted by molar-refractivity contribution is 0.0638. The maximum Gasteiger partial charge on any atom is 0.274 e. The summed E-state index contributed by atoms with van der Waals surface area (Å²) < 4.78 is 11.0. The second-order valence-corrected chi connectivity index (χ2v) is 7.72. The van der Waals surface area contributed by atoms with E-state index < -0.39 is 0 Å². The minimum Gasteiger partial charge on any atom is -0.381 e. The van der Waals surface area contributed by atoms with E-state index in [1.807, 2.05) is 0 Å². The van der Waals surface area contributed by atoms with E-state index in [-0.39, 0.29) is 0 Å². The zero-order valence-electron chi connectivity index (χ0n) is 16.2. The van der Waals surface area contributed by atoms with Gasteiger partial charge in [0.15, 0.2) is 5.82 Å². The van der Waals surface area contributed by atoms with Crippen molar-refractivity contribution >= 4 is 10.9 Å². The van der Waals surface area contributed by atoms with Crippen molar-refractivity contribution in [2.45, 2.75) is 32.1 Å². The van der Waals surface area contributed by atoms with E-state index >= 15 is 0 Å². The van der Waals surface area contributed by atoms with Crippen molar-refractivity contribution in [1.82, 2.24) is 20.0 Å². The molecule has 0 bridgehead atoms. The Morgan fingerprint density at radius 1 is 1.19 bits per heavy atom. The number of aromatic nitrogens is 3. The monoisotopic (exact) mass is 368 g/mol. The molecule has 1 N–H and O–H groups in total. The van der Waals surface area contributed by atoms with Gasteiger partial charge in [0, 0.05) is 37.1 Å². The fraction of sp³-hybridized carbons (Fsp3) is 0.524. The summed E-state index contributed by atoms with van der Waals surface area (Å²) in [6, 6.07) is 8.52. The molecule has 0 amide bonds. The number of ether oxygens (including phenoxy) is 1. The standard InChI is InChI=1S/C21H28N4O2/c1-25(2)11-8-16-4-3-5-18-17(16)14-19(22-18)21-23-20(24-27-21)7-6-15-9-12-26-13-10-15/h3-5,14-15,22H,6-13H2,1-2H3. The van der Waals surface area contributed by atoms with Crippen LogP contribution in [0, 0.1) is 5.92 Å².